The van der Waals surface area contributed by atoms with E-state index >= 15 is 0 Å². The van der Waals surface area contributed by atoms with Gasteiger partial charge >= 0.3 is 0 Å². The third-order valence-electron chi connectivity index (χ3n) is 7.59. The molecule has 2 aliphatic heterocycles. The van der Waals surface area contributed by atoms with Gasteiger partial charge < -0.3 is 25.3 Å². The number of amides is 1. The summed E-state index contributed by atoms with van der Waals surface area (Å²) in [6, 6.07) is 14.5. The molecule has 1 saturated carbocycles. The van der Waals surface area contributed by atoms with Crippen LogP contribution < -0.4 is 20.3 Å². The van der Waals surface area contributed by atoms with Gasteiger partial charge in [0.05, 0.1) is 5.39 Å². The largest absolute Gasteiger partial charge is 0.487 e. The highest BCUT2D eigenvalue weighted by Gasteiger charge is 2.25. The summed E-state index contributed by atoms with van der Waals surface area (Å²) in [5, 5.41) is 7.44. The Morgan fingerprint density at radius 3 is 2.69 bits per heavy atom. The van der Waals surface area contributed by atoms with Crippen LogP contribution in [0, 0.1) is 5.92 Å². The molecule has 3 N–H and O–H groups in total. The minimum Gasteiger partial charge on any atom is -0.487 e. The summed E-state index contributed by atoms with van der Waals surface area (Å²) < 4.78 is 6.39. The van der Waals surface area contributed by atoms with E-state index < -0.39 is 0 Å². The first-order valence-electron chi connectivity index (χ1n) is 12.8. The zero-order valence-corrected chi connectivity index (χ0v) is 20.1. The number of nitrogens with one attached hydrogen (secondary N) is 3. The summed E-state index contributed by atoms with van der Waals surface area (Å²) in [7, 11) is 0. The van der Waals surface area contributed by atoms with Crippen molar-refractivity contribution >= 4 is 22.6 Å². The molecule has 3 aliphatic rings. The molecule has 2 aromatic carbocycles. The number of aromatic nitrogens is 2. The van der Waals surface area contributed by atoms with Crippen LogP contribution in [0.15, 0.2) is 54.9 Å². The number of ether oxygens (including phenoxy) is 1. The van der Waals surface area contributed by atoms with Gasteiger partial charge in [-0.05, 0) is 59.7 Å². The first-order chi connectivity index (χ1) is 17.7. The van der Waals surface area contributed by atoms with Crippen molar-refractivity contribution in [2.24, 2.45) is 5.92 Å². The van der Waals surface area contributed by atoms with Gasteiger partial charge in [0.15, 0.2) is 0 Å². The van der Waals surface area contributed by atoms with E-state index in [-0.39, 0.29) is 5.91 Å². The van der Waals surface area contributed by atoms with Crippen molar-refractivity contribution in [1.82, 2.24) is 20.6 Å². The Morgan fingerprint density at radius 2 is 1.89 bits per heavy atom. The van der Waals surface area contributed by atoms with E-state index in [1.54, 1.807) is 0 Å². The lowest BCUT2D eigenvalue weighted by atomic mass is 9.95. The summed E-state index contributed by atoms with van der Waals surface area (Å²) in [5.41, 5.74) is 8.18. The molecule has 4 aromatic rings. The maximum absolute atomic E-state index is 12.5. The highest BCUT2D eigenvalue weighted by Crippen LogP contribution is 2.45. The van der Waals surface area contributed by atoms with Gasteiger partial charge in [-0.2, -0.15) is 0 Å². The number of hydrogen-bond acceptors (Lipinski definition) is 5. The van der Waals surface area contributed by atoms with E-state index in [1.807, 2.05) is 36.7 Å². The Bertz CT molecular complexity index is 1450. The van der Waals surface area contributed by atoms with Crippen LogP contribution >= 0.6 is 0 Å². The summed E-state index contributed by atoms with van der Waals surface area (Å²) in [4.78, 5) is 22.9. The van der Waals surface area contributed by atoms with Crippen molar-refractivity contribution in [3.05, 3.63) is 66.0 Å². The minimum absolute atomic E-state index is 0.00783. The number of hydrogen-bond donors (Lipinski definition) is 3. The number of piperazine rings is 1. The fourth-order valence-electron chi connectivity index (χ4n) is 5.33. The zero-order valence-electron chi connectivity index (χ0n) is 20.1. The molecule has 1 saturated heterocycles. The van der Waals surface area contributed by atoms with Crippen molar-refractivity contribution in [2.45, 2.75) is 19.4 Å². The second-order valence-electron chi connectivity index (χ2n) is 10.0. The number of H-pyrrole nitrogens is 1. The second kappa shape index (κ2) is 8.68. The molecule has 7 rings (SSSR count). The Kier molecular flexibility index (Phi) is 5.17. The van der Waals surface area contributed by atoms with Crippen LogP contribution in [0.1, 0.15) is 28.8 Å². The van der Waals surface area contributed by atoms with Crippen molar-refractivity contribution in [3.8, 4) is 28.0 Å². The highest BCUT2D eigenvalue weighted by molar-refractivity contribution is 6.03. The van der Waals surface area contributed by atoms with E-state index in [1.165, 1.54) is 29.7 Å². The lowest BCUT2D eigenvalue weighted by Crippen LogP contribution is -2.43. The van der Waals surface area contributed by atoms with Gasteiger partial charge in [-0.15, -0.1) is 0 Å². The van der Waals surface area contributed by atoms with Crippen molar-refractivity contribution in [3.63, 3.8) is 0 Å². The fourth-order valence-corrected chi connectivity index (χ4v) is 5.33. The third-order valence-corrected chi connectivity index (χ3v) is 7.59. The second-order valence-corrected chi connectivity index (χ2v) is 10.0. The molecule has 2 aromatic heterocycles. The topological polar surface area (TPSA) is 82.3 Å². The van der Waals surface area contributed by atoms with Crippen molar-refractivity contribution < 1.29 is 9.53 Å². The molecule has 0 unspecified atom stereocenters. The summed E-state index contributed by atoms with van der Waals surface area (Å²) in [6.07, 6.45) is 6.34. The number of rotatable bonds is 5. The predicted molar refractivity (Wildman–Crippen MR) is 141 cm³/mol. The van der Waals surface area contributed by atoms with E-state index in [0.29, 0.717) is 18.1 Å². The summed E-state index contributed by atoms with van der Waals surface area (Å²) in [6.45, 7) is 5.38. The molecule has 36 heavy (non-hydrogen) atoms. The number of pyridine rings is 1. The Balaban J connectivity index is 1.21. The third kappa shape index (κ3) is 3.80. The van der Waals surface area contributed by atoms with Crippen molar-refractivity contribution in [2.75, 3.05) is 37.6 Å². The first-order valence-corrected chi connectivity index (χ1v) is 12.8. The first kappa shape index (κ1) is 21.4. The number of benzene rings is 2. The highest BCUT2D eigenvalue weighted by atomic mass is 16.5. The van der Waals surface area contributed by atoms with E-state index in [4.69, 9.17) is 9.72 Å². The lowest BCUT2D eigenvalue weighted by Gasteiger charge is -2.31. The SMILES string of the molecule is O=C(NCC1CC1)c1ccc(-c2c[nH]c3ncc4c(c23)OCc2cc(N3CCNCC3)ccc2-4)cc1. The Hall–Kier alpha value is -3.84. The van der Waals surface area contributed by atoms with Crippen LogP contribution in [-0.2, 0) is 6.61 Å². The van der Waals surface area contributed by atoms with E-state index in [0.717, 1.165) is 66.2 Å². The molecular formula is C29H29N5O2. The summed E-state index contributed by atoms with van der Waals surface area (Å²) in [5.74, 6) is 1.52. The van der Waals surface area contributed by atoms with Gasteiger partial charge in [0.1, 0.15) is 18.0 Å². The number of carbonyl (C=O) groups is 1. The Labute approximate surface area is 209 Å². The number of fused-ring (bicyclic) bond motifs is 5. The van der Waals surface area contributed by atoms with Gasteiger partial charge in [-0.3, -0.25) is 4.79 Å². The molecular weight excluding hydrogens is 450 g/mol. The van der Waals surface area contributed by atoms with Crippen LogP contribution in [0.4, 0.5) is 5.69 Å². The molecule has 1 aliphatic carbocycles. The smallest absolute Gasteiger partial charge is 0.251 e. The number of aromatic amines is 1. The van der Waals surface area contributed by atoms with Crippen LogP contribution in [0.25, 0.3) is 33.3 Å². The van der Waals surface area contributed by atoms with E-state index in [2.05, 4.69) is 38.7 Å². The monoisotopic (exact) mass is 479 g/mol. The maximum Gasteiger partial charge on any atom is 0.251 e. The molecule has 4 heterocycles. The molecule has 2 fully saturated rings. The van der Waals surface area contributed by atoms with Crippen molar-refractivity contribution in [1.29, 1.82) is 0 Å². The average Bonchev–Trinajstić information content (AvgIpc) is 3.67. The Morgan fingerprint density at radius 1 is 1.06 bits per heavy atom. The molecule has 0 radical (unpaired) electrons. The van der Waals surface area contributed by atoms with Crippen LogP contribution in [0.3, 0.4) is 0 Å². The standard InChI is InChI=1S/C29H29N5O2/c35-29(33-14-18-1-2-18)20-5-3-19(4-6-20)24-15-31-28-26(24)27-25(16-32-28)23-8-7-22(13-21(23)17-36-27)34-11-9-30-10-12-34/h3-8,13,15-16,18,30H,1-2,9-12,14,17H2,(H,31,32)(H,33,35). The quantitative estimate of drug-likeness (QED) is 0.397. The predicted octanol–water partition coefficient (Wildman–Crippen LogP) is 4.34. The molecule has 7 nitrogen and oxygen atoms in total. The number of anilines is 1. The number of nitrogens with zero attached hydrogens (tertiary/aromatic N) is 2. The molecule has 182 valence electrons. The maximum atomic E-state index is 12.5. The lowest BCUT2D eigenvalue weighted by molar-refractivity contribution is 0.0952. The fraction of sp³-hybridized carbons (Fsp3) is 0.310. The molecule has 7 heteroatoms. The van der Waals surface area contributed by atoms with Crippen LogP contribution in [0.2, 0.25) is 0 Å². The molecule has 1 amide bonds. The normalized spacial score (nSPS) is 16.8. The van der Waals surface area contributed by atoms with Gasteiger partial charge in [0, 0.05) is 67.5 Å². The van der Waals surface area contributed by atoms with Crippen LogP contribution in [0.5, 0.6) is 5.75 Å². The van der Waals surface area contributed by atoms with Gasteiger partial charge in [0.2, 0.25) is 0 Å². The minimum atomic E-state index is -0.00783. The molecule has 0 spiro atoms. The summed E-state index contributed by atoms with van der Waals surface area (Å²) >= 11 is 0. The van der Waals surface area contributed by atoms with Gasteiger partial charge in [-0.25, -0.2) is 4.98 Å². The van der Waals surface area contributed by atoms with Gasteiger partial charge in [-0.1, -0.05) is 18.2 Å². The average molecular weight is 480 g/mol. The molecule has 0 atom stereocenters. The van der Waals surface area contributed by atoms with Crippen LogP contribution in [-0.4, -0.2) is 48.6 Å². The van der Waals surface area contributed by atoms with E-state index in [9.17, 15) is 4.79 Å². The molecule has 0 bridgehead atoms. The van der Waals surface area contributed by atoms with Gasteiger partial charge in [0.25, 0.3) is 5.91 Å². The number of carbonyl (C=O) groups excluding carboxylic acids is 1. The zero-order chi connectivity index (χ0) is 24.1.